The molecule has 6 rings (SSSR count). The Morgan fingerprint density at radius 2 is 1.83 bits per heavy atom. The molecule has 0 N–H and O–H groups in total. The van der Waals surface area contributed by atoms with Crippen molar-refractivity contribution in [1.82, 2.24) is 15.0 Å². The number of ether oxygens (including phenoxy) is 2. The van der Waals surface area contributed by atoms with E-state index in [1.165, 1.54) is 0 Å². The average molecular weight is 403 g/mol. The van der Waals surface area contributed by atoms with Gasteiger partial charge in [-0.3, -0.25) is 4.98 Å². The smallest absolute Gasteiger partial charge is 0.228 e. The summed E-state index contributed by atoms with van der Waals surface area (Å²) in [6.45, 7) is 5.78. The molecule has 1 aromatic carbocycles. The largest absolute Gasteiger partial charge is 0.378 e. The molecule has 0 aliphatic carbocycles. The molecule has 2 bridgehead atoms. The SMILES string of the molecule is c1ccc(-c2cc3nc(N4CC5COC(C5)C4)nc(N4CCOCC4)c3cn2)cc1. The predicted octanol–water partition coefficient (Wildman–Crippen LogP) is 2.75. The Kier molecular flexibility index (Phi) is 4.50. The molecule has 7 heteroatoms. The standard InChI is InChI=1S/C23H25N5O2/c1-2-4-17(5-3-1)20-11-21-19(12-24-20)22(27-6-8-29-9-7-27)26-23(25-21)28-13-16-10-18(14-28)30-15-16/h1-5,11-12,16,18H,6-10,13-15H2. The molecule has 3 aromatic rings. The van der Waals surface area contributed by atoms with Crippen molar-refractivity contribution in [3.63, 3.8) is 0 Å². The van der Waals surface area contributed by atoms with Gasteiger partial charge in [0.1, 0.15) is 5.82 Å². The van der Waals surface area contributed by atoms with Gasteiger partial charge < -0.3 is 19.3 Å². The summed E-state index contributed by atoms with van der Waals surface area (Å²) in [5.41, 5.74) is 2.97. The van der Waals surface area contributed by atoms with Gasteiger partial charge in [-0.2, -0.15) is 4.98 Å². The highest BCUT2D eigenvalue weighted by Gasteiger charge is 2.35. The number of nitrogens with zero attached hydrogens (tertiary/aromatic N) is 5. The normalized spacial score (nSPS) is 23.9. The topological polar surface area (TPSA) is 63.6 Å². The van der Waals surface area contributed by atoms with E-state index in [2.05, 4.69) is 28.0 Å². The van der Waals surface area contributed by atoms with Crippen LogP contribution < -0.4 is 9.80 Å². The number of anilines is 2. The highest BCUT2D eigenvalue weighted by Crippen LogP contribution is 2.33. The second-order valence-corrected chi connectivity index (χ2v) is 8.36. The lowest BCUT2D eigenvalue weighted by molar-refractivity contribution is 0.119. The molecule has 7 nitrogen and oxygen atoms in total. The molecule has 2 aromatic heterocycles. The first-order chi connectivity index (χ1) is 14.8. The summed E-state index contributed by atoms with van der Waals surface area (Å²) in [5, 5.41) is 0.997. The lowest BCUT2D eigenvalue weighted by Gasteiger charge is -2.33. The zero-order valence-electron chi connectivity index (χ0n) is 16.9. The number of hydrogen-bond donors (Lipinski definition) is 0. The van der Waals surface area contributed by atoms with Crippen LogP contribution in [0.2, 0.25) is 0 Å². The van der Waals surface area contributed by atoms with Crippen LogP contribution in [0, 0.1) is 5.92 Å². The molecule has 0 amide bonds. The van der Waals surface area contributed by atoms with E-state index >= 15 is 0 Å². The quantitative estimate of drug-likeness (QED) is 0.666. The highest BCUT2D eigenvalue weighted by atomic mass is 16.5. The van der Waals surface area contributed by atoms with Gasteiger partial charge in [-0.05, 0) is 12.5 Å². The van der Waals surface area contributed by atoms with Crippen LogP contribution in [0.5, 0.6) is 0 Å². The lowest BCUT2D eigenvalue weighted by atomic mass is 10.0. The van der Waals surface area contributed by atoms with Crippen LogP contribution >= 0.6 is 0 Å². The summed E-state index contributed by atoms with van der Waals surface area (Å²) >= 11 is 0. The van der Waals surface area contributed by atoms with Crippen LogP contribution in [0.1, 0.15) is 6.42 Å². The summed E-state index contributed by atoms with van der Waals surface area (Å²) < 4.78 is 11.5. The zero-order chi connectivity index (χ0) is 19.9. The zero-order valence-corrected chi connectivity index (χ0v) is 16.9. The fraction of sp³-hybridized carbons (Fsp3) is 0.435. The van der Waals surface area contributed by atoms with Crippen LogP contribution in [-0.4, -0.2) is 67.1 Å². The summed E-state index contributed by atoms with van der Waals surface area (Å²) in [7, 11) is 0. The third-order valence-corrected chi connectivity index (χ3v) is 6.28. The maximum atomic E-state index is 5.91. The van der Waals surface area contributed by atoms with Crippen molar-refractivity contribution in [3.05, 3.63) is 42.6 Å². The van der Waals surface area contributed by atoms with Gasteiger partial charge >= 0.3 is 0 Å². The van der Waals surface area contributed by atoms with Crippen molar-refractivity contribution in [1.29, 1.82) is 0 Å². The monoisotopic (exact) mass is 403 g/mol. The Hall–Kier alpha value is -2.77. The second-order valence-electron chi connectivity index (χ2n) is 8.36. The first kappa shape index (κ1) is 18.0. The van der Waals surface area contributed by atoms with E-state index in [1.807, 2.05) is 24.4 Å². The van der Waals surface area contributed by atoms with Crippen LogP contribution in [0.3, 0.4) is 0 Å². The lowest BCUT2D eigenvalue weighted by Crippen LogP contribution is -2.41. The average Bonchev–Trinajstić information content (AvgIpc) is 3.16. The van der Waals surface area contributed by atoms with Gasteiger partial charge in [0.2, 0.25) is 5.95 Å². The Labute approximate surface area is 175 Å². The number of benzene rings is 1. The van der Waals surface area contributed by atoms with Crippen LogP contribution in [-0.2, 0) is 9.47 Å². The van der Waals surface area contributed by atoms with E-state index in [4.69, 9.17) is 24.4 Å². The van der Waals surface area contributed by atoms with Gasteiger partial charge in [-0.1, -0.05) is 30.3 Å². The van der Waals surface area contributed by atoms with Crippen LogP contribution in [0.15, 0.2) is 42.6 Å². The van der Waals surface area contributed by atoms with Crippen LogP contribution in [0.4, 0.5) is 11.8 Å². The van der Waals surface area contributed by atoms with Crippen molar-refractivity contribution in [3.8, 4) is 11.3 Å². The van der Waals surface area contributed by atoms with Crippen molar-refractivity contribution in [2.45, 2.75) is 12.5 Å². The van der Waals surface area contributed by atoms with Gasteiger partial charge in [0.15, 0.2) is 0 Å². The summed E-state index contributed by atoms with van der Waals surface area (Å²) in [6.07, 6.45) is 3.38. The van der Waals surface area contributed by atoms with Crippen molar-refractivity contribution < 1.29 is 9.47 Å². The first-order valence-corrected chi connectivity index (χ1v) is 10.8. The van der Waals surface area contributed by atoms with Gasteiger partial charge in [-0.15, -0.1) is 0 Å². The molecule has 5 heterocycles. The van der Waals surface area contributed by atoms with E-state index in [9.17, 15) is 0 Å². The number of aromatic nitrogens is 3. The Morgan fingerprint density at radius 3 is 2.67 bits per heavy atom. The fourth-order valence-electron chi connectivity index (χ4n) is 4.75. The molecule has 3 aliphatic rings. The third-order valence-electron chi connectivity index (χ3n) is 6.28. The minimum absolute atomic E-state index is 0.298. The fourth-order valence-corrected chi connectivity index (χ4v) is 4.75. The third kappa shape index (κ3) is 3.28. The van der Waals surface area contributed by atoms with E-state index in [-0.39, 0.29) is 0 Å². The summed E-state index contributed by atoms with van der Waals surface area (Å²) in [6, 6.07) is 12.4. The number of rotatable bonds is 3. The molecule has 154 valence electrons. The molecular weight excluding hydrogens is 378 g/mol. The summed E-state index contributed by atoms with van der Waals surface area (Å²) in [4.78, 5) is 19.4. The molecule has 0 spiro atoms. The van der Waals surface area contributed by atoms with Gasteiger partial charge in [0.25, 0.3) is 0 Å². The van der Waals surface area contributed by atoms with Gasteiger partial charge in [-0.25, -0.2) is 4.98 Å². The molecule has 3 saturated heterocycles. The van der Waals surface area contributed by atoms with Crippen LogP contribution in [0.25, 0.3) is 22.2 Å². The number of hydrogen-bond acceptors (Lipinski definition) is 7. The molecule has 2 atom stereocenters. The van der Waals surface area contributed by atoms with E-state index < -0.39 is 0 Å². The van der Waals surface area contributed by atoms with E-state index in [0.717, 1.165) is 86.3 Å². The molecule has 0 saturated carbocycles. The second kappa shape index (κ2) is 7.49. The minimum Gasteiger partial charge on any atom is -0.378 e. The molecule has 3 aliphatic heterocycles. The van der Waals surface area contributed by atoms with E-state index in [0.29, 0.717) is 12.0 Å². The number of pyridine rings is 1. The Bertz CT molecular complexity index is 1040. The van der Waals surface area contributed by atoms with Gasteiger partial charge in [0.05, 0.1) is 42.5 Å². The first-order valence-electron chi connectivity index (χ1n) is 10.8. The van der Waals surface area contributed by atoms with Crippen molar-refractivity contribution in [2.75, 3.05) is 55.8 Å². The summed E-state index contributed by atoms with van der Waals surface area (Å²) in [5.74, 6) is 2.34. The Balaban J connectivity index is 1.46. The Morgan fingerprint density at radius 1 is 0.967 bits per heavy atom. The molecule has 0 radical (unpaired) electrons. The van der Waals surface area contributed by atoms with Crippen molar-refractivity contribution >= 4 is 22.7 Å². The predicted molar refractivity (Wildman–Crippen MR) is 116 cm³/mol. The molecule has 3 fully saturated rings. The number of piperidine rings is 1. The number of fused-ring (bicyclic) bond motifs is 3. The molecule has 2 unspecified atom stereocenters. The van der Waals surface area contributed by atoms with Crippen molar-refractivity contribution in [2.24, 2.45) is 5.92 Å². The number of morpholine rings is 1. The molecular formula is C23H25N5O2. The maximum Gasteiger partial charge on any atom is 0.228 e. The van der Waals surface area contributed by atoms with E-state index in [1.54, 1.807) is 0 Å². The van der Waals surface area contributed by atoms with Gasteiger partial charge in [0, 0.05) is 43.9 Å². The highest BCUT2D eigenvalue weighted by molar-refractivity contribution is 5.92. The maximum absolute atomic E-state index is 5.91. The molecule has 30 heavy (non-hydrogen) atoms. The minimum atomic E-state index is 0.298.